The smallest absolute Gasteiger partial charge is 0.00958 e. The molecule has 0 amide bonds. The number of halogens is 1. The number of hydrogen-bond acceptors (Lipinski definition) is 1. The van der Waals surface area contributed by atoms with Crippen LogP contribution in [0, 0.1) is 5.41 Å². The van der Waals surface area contributed by atoms with Gasteiger partial charge in [0, 0.05) is 5.33 Å². The molecule has 0 aromatic rings. The molecule has 0 aliphatic heterocycles. The van der Waals surface area contributed by atoms with E-state index in [0.717, 1.165) is 5.25 Å². The monoisotopic (exact) mass is 236 g/mol. The van der Waals surface area contributed by atoms with E-state index in [2.05, 4.69) is 41.5 Å². The van der Waals surface area contributed by atoms with Crippen LogP contribution in [0.5, 0.6) is 0 Å². The first kappa shape index (κ1) is 9.91. The summed E-state index contributed by atoms with van der Waals surface area (Å²) in [7, 11) is 0. The van der Waals surface area contributed by atoms with Gasteiger partial charge in [0.1, 0.15) is 0 Å². The molecule has 0 saturated heterocycles. The molecule has 0 N–H and O–H groups in total. The minimum Gasteiger partial charge on any atom is -0.159 e. The summed E-state index contributed by atoms with van der Waals surface area (Å²) in [5.74, 6) is 1.36. The standard InChI is InChI=1S/C9H17BrS/c1-8(2)11-7-9(6-10)4-3-5-9/h8H,3-7H2,1-2H3. The van der Waals surface area contributed by atoms with Crippen LogP contribution in [-0.4, -0.2) is 16.3 Å². The highest BCUT2D eigenvalue weighted by molar-refractivity contribution is 9.09. The maximum absolute atomic E-state index is 3.62. The quantitative estimate of drug-likeness (QED) is 0.672. The normalized spacial score (nSPS) is 21.8. The van der Waals surface area contributed by atoms with Crippen LogP contribution >= 0.6 is 27.7 Å². The first-order valence-corrected chi connectivity index (χ1v) is 6.53. The Kier molecular flexibility index (Phi) is 3.76. The summed E-state index contributed by atoms with van der Waals surface area (Å²) in [5, 5.41) is 2.01. The first-order chi connectivity index (χ1) is 5.18. The summed E-state index contributed by atoms with van der Waals surface area (Å²) >= 11 is 5.73. The lowest BCUT2D eigenvalue weighted by Gasteiger charge is -2.40. The van der Waals surface area contributed by atoms with Gasteiger partial charge in [-0.3, -0.25) is 0 Å². The fourth-order valence-corrected chi connectivity index (χ4v) is 3.44. The van der Waals surface area contributed by atoms with Crippen LogP contribution < -0.4 is 0 Å². The lowest BCUT2D eigenvalue weighted by molar-refractivity contribution is 0.206. The molecule has 2 heteroatoms. The van der Waals surface area contributed by atoms with Gasteiger partial charge in [-0.25, -0.2) is 0 Å². The Hall–Kier alpha value is 0.830. The Morgan fingerprint density at radius 2 is 2.09 bits per heavy atom. The number of rotatable bonds is 4. The van der Waals surface area contributed by atoms with Crippen LogP contribution in [0.25, 0.3) is 0 Å². The number of alkyl halides is 1. The molecule has 1 rings (SSSR count). The van der Waals surface area contributed by atoms with Crippen molar-refractivity contribution in [3.05, 3.63) is 0 Å². The third-order valence-corrected chi connectivity index (χ3v) is 5.06. The predicted molar refractivity (Wildman–Crippen MR) is 57.7 cm³/mol. The van der Waals surface area contributed by atoms with Crippen molar-refractivity contribution in [1.29, 1.82) is 0 Å². The lowest BCUT2D eigenvalue weighted by Crippen LogP contribution is -2.34. The molecule has 0 aromatic carbocycles. The van der Waals surface area contributed by atoms with E-state index >= 15 is 0 Å². The minimum atomic E-state index is 0.676. The highest BCUT2D eigenvalue weighted by Gasteiger charge is 2.35. The average Bonchev–Trinajstić information content (AvgIpc) is 1.86. The van der Waals surface area contributed by atoms with Crippen LogP contribution in [0.15, 0.2) is 0 Å². The van der Waals surface area contributed by atoms with Crippen LogP contribution in [-0.2, 0) is 0 Å². The Morgan fingerprint density at radius 3 is 2.36 bits per heavy atom. The second kappa shape index (κ2) is 4.18. The maximum Gasteiger partial charge on any atom is 0.00958 e. The first-order valence-electron chi connectivity index (χ1n) is 4.36. The van der Waals surface area contributed by atoms with Crippen LogP contribution in [0.2, 0.25) is 0 Å². The van der Waals surface area contributed by atoms with Crippen LogP contribution in [0.4, 0.5) is 0 Å². The maximum atomic E-state index is 3.62. The van der Waals surface area contributed by atoms with Crippen molar-refractivity contribution < 1.29 is 0 Å². The second-order valence-corrected chi connectivity index (χ2v) is 5.97. The van der Waals surface area contributed by atoms with Crippen molar-refractivity contribution in [2.45, 2.75) is 38.4 Å². The molecule has 66 valence electrons. The van der Waals surface area contributed by atoms with Gasteiger partial charge in [0.2, 0.25) is 0 Å². The molecule has 0 unspecified atom stereocenters. The van der Waals surface area contributed by atoms with E-state index in [4.69, 9.17) is 0 Å². The molecule has 0 aromatic heterocycles. The molecular weight excluding hydrogens is 220 g/mol. The van der Waals surface area contributed by atoms with Gasteiger partial charge in [0.05, 0.1) is 0 Å². The Bertz CT molecular complexity index is 113. The van der Waals surface area contributed by atoms with Gasteiger partial charge in [0.25, 0.3) is 0 Å². The van der Waals surface area contributed by atoms with Crippen molar-refractivity contribution >= 4 is 27.7 Å². The van der Waals surface area contributed by atoms with Gasteiger partial charge >= 0.3 is 0 Å². The van der Waals surface area contributed by atoms with E-state index in [9.17, 15) is 0 Å². The van der Waals surface area contributed by atoms with E-state index in [1.54, 1.807) is 0 Å². The molecule has 0 nitrogen and oxygen atoms in total. The van der Waals surface area contributed by atoms with E-state index in [-0.39, 0.29) is 0 Å². The highest BCUT2D eigenvalue weighted by Crippen LogP contribution is 2.45. The summed E-state index contributed by atoms with van der Waals surface area (Å²) in [6.45, 7) is 4.57. The minimum absolute atomic E-state index is 0.676. The zero-order valence-corrected chi connectivity index (χ0v) is 9.80. The van der Waals surface area contributed by atoms with Crippen molar-refractivity contribution in [1.82, 2.24) is 0 Å². The fraction of sp³-hybridized carbons (Fsp3) is 1.00. The molecular formula is C9H17BrS. The summed E-state index contributed by atoms with van der Waals surface area (Å²) in [5.41, 5.74) is 0.676. The van der Waals surface area contributed by atoms with Crippen LogP contribution in [0.3, 0.4) is 0 Å². The molecule has 1 aliphatic rings. The number of thioether (sulfide) groups is 1. The largest absolute Gasteiger partial charge is 0.159 e. The second-order valence-electron chi connectivity index (χ2n) is 3.85. The zero-order chi connectivity index (χ0) is 8.32. The molecule has 0 bridgehead atoms. The highest BCUT2D eigenvalue weighted by atomic mass is 79.9. The SMILES string of the molecule is CC(C)SCC1(CBr)CCC1. The molecule has 0 heterocycles. The van der Waals surface area contributed by atoms with E-state index < -0.39 is 0 Å². The van der Waals surface area contributed by atoms with Gasteiger partial charge in [-0.1, -0.05) is 36.2 Å². The third-order valence-electron chi connectivity index (χ3n) is 2.42. The average molecular weight is 237 g/mol. The summed E-state index contributed by atoms with van der Waals surface area (Å²) in [6, 6.07) is 0. The summed E-state index contributed by atoms with van der Waals surface area (Å²) in [4.78, 5) is 0. The van der Waals surface area contributed by atoms with E-state index in [1.165, 1.54) is 30.3 Å². The van der Waals surface area contributed by atoms with Crippen molar-refractivity contribution in [2.75, 3.05) is 11.1 Å². The van der Waals surface area contributed by atoms with Crippen molar-refractivity contribution in [2.24, 2.45) is 5.41 Å². The Balaban J connectivity index is 2.22. The Morgan fingerprint density at radius 1 is 1.45 bits per heavy atom. The molecule has 1 saturated carbocycles. The Labute approximate surface area is 82.6 Å². The predicted octanol–water partition coefficient (Wildman–Crippen LogP) is 3.69. The summed E-state index contributed by atoms with van der Waals surface area (Å²) in [6.07, 6.45) is 4.33. The third kappa shape index (κ3) is 2.66. The fourth-order valence-electron chi connectivity index (χ4n) is 1.34. The van der Waals surface area contributed by atoms with Crippen LogP contribution in [0.1, 0.15) is 33.1 Å². The zero-order valence-electron chi connectivity index (χ0n) is 7.40. The molecule has 1 fully saturated rings. The molecule has 0 atom stereocenters. The van der Waals surface area contributed by atoms with Gasteiger partial charge in [0.15, 0.2) is 0 Å². The molecule has 1 aliphatic carbocycles. The van der Waals surface area contributed by atoms with Gasteiger partial charge in [-0.15, -0.1) is 0 Å². The van der Waals surface area contributed by atoms with Gasteiger partial charge < -0.3 is 0 Å². The number of hydrogen-bond donors (Lipinski definition) is 0. The van der Waals surface area contributed by atoms with Crippen molar-refractivity contribution in [3.8, 4) is 0 Å². The van der Waals surface area contributed by atoms with E-state index in [0.29, 0.717) is 5.41 Å². The summed E-state index contributed by atoms with van der Waals surface area (Å²) < 4.78 is 0. The van der Waals surface area contributed by atoms with E-state index in [1.807, 2.05) is 0 Å². The lowest BCUT2D eigenvalue weighted by atomic mass is 9.72. The molecule has 0 radical (unpaired) electrons. The van der Waals surface area contributed by atoms with Gasteiger partial charge in [-0.2, -0.15) is 11.8 Å². The molecule has 11 heavy (non-hydrogen) atoms. The van der Waals surface area contributed by atoms with Crippen molar-refractivity contribution in [3.63, 3.8) is 0 Å². The van der Waals surface area contributed by atoms with Gasteiger partial charge in [-0.05, 0) is 29.3 Å². The topological polar surface area (TPSA) is 0 Å². The molecule has 0 spiro atoms.